The molecule has 0 aliphatic carbocycles. The minimum Gasteiger partial charge on any atom is -0.311 e. The van der Waals surface area contributed by atoms with E-state index in [-0.39, 0.29) is 11.8 Å². The first-order valence-electron chi connectivity index (χ1n) is 9.13. The molecular weight excluding hydrogens is 318 g/mol. The van der Waals surface area contributed by atoms with E-state index in [0.717, 1.165) is 16.8 Å². The molecule has 1 amide bonds. The molecule has 0 fully saturated rings. The molecule has 0 bridgehead atoms. The first-order chi connectivity index (χ1) is 12.7. The second-order valence-electron chi connectivity index (χ2n) is 6.93. The van der Waals surface area contributed by atoms with Crippen LogP contribution in [0.25, 0.3) is 0 Å². The number of rotatable bonds is 6. The molecule has 0 aliphatic heterocycles. The number of benzene rings is 3. The minimum absolute atomic E-state index is 0.113. The van der Waals surface area contributed by atoms with Crippen LogP contribution in [0.3, 0.4) is 0 Å². The van der Waals surface area contributed by atoms with Crippen molar-refractivity contribution in [3.8, 4) is 0 Å². The van der Waals surface area contributed by atoms with Crippen molar-refractivity contribution in [3.05, 3.63) is 102 Å². The third kappa shape index (κ3) is 4.20. The Balaban J connectivity index is 2.05. The van der Waals surface area contributed by atoms with Gasteiger partial charge in [0.15, 0.2) is 0 Å². The summed E-state index contributed by atoms with van der Waals surface area (Å²) in [6, 6.07) is 30.0. The molecule has 0 aliphatic rings. The van der Waals surface area contributed by atoms with Gasteiger partial charge in [0.05, 0.1) is 5.92 Å². The molecule has 3 aromatic carbocycles. The van der Waals surface area contributed by atoms with E-state index in [1.165, 1.54) is 0 Å². The van der Waals surface area contributed by atoms with Crippen LogP contribution in [0.2, 0.25) is 0 Å². The number of nitrogens with zero attached hydrogens (tertiary/aromatic N) is 1. The van der Waals surface area contributed by atoms with Crippen molar-refractivity contribution in [2.75, 3.05) is 11.4 Å². The van der Waals surface area contributed by atoms with Gasteiger partial charge in [-0.25, -0.2) is 0 Å². The van der Waals surface area contributed by atoms with E-state index in [0.29, 0.717) is 12.5 Å². The van der Waals surface area contributed by atoms with Gasteiger partial charge in [0.2, 0.25) is 5.91 Å². The van der Waals surface area contributed by atoms with Gasteiger partial charge in [0.25, 0.3) is 0 Å². The lowest BCUT2D eigenvalue weighted by Crippen LogP contribution is -2.38. The third-order valence-electron chi connectivity index (χ3n) is 4.39. The average Bonchev–Trinajstić information content (AvgIpc) is 2.68. The standard InChI is InChI=1S/C24H25NO/c1-19(2)18-25(22-16-10-5-11-17-22)24(26)23(20-12-6-3-7-13-20)21-14-8-4-9-15-21/h3-17,19,23H,18H2,1-2H3. The molecule has 0 spiro atoms. The number of amides is 1. The second kappa shape index (κ2) is 8.48. The van der Waals surface area contributed by atoms with E-state index in [4.69, 9.17) is 0 Å². The molecule has 26 heavy (non-hydrogen) atoms. The predicted octanol–water partition coefficient (Wildman–Crippen LogP) is 5.51. The van der Waals surface area contributed by atoms with Gasteiger partial charge in [-0.3, -0.25) is 4.79 Å². The molecular formula is C24H25NO. The second-order valence-corrected chi connectivity index (χ2v) is 6.93. The summed E-state index contributed by atoms with van der Waals surface area (Å²) in [7, 11) is 0. The number of carbonyl (C=O) groups excluding carboxylic acids is 1. The highest BCUT2D eigenvalue weighted by Gasteiger charge is 2.28. The summed E-state index contributed by atoms with van der Waals surface area (Å²) in [6.45, 7) is 4.98. The van der Waals surface area contributed by atoms with Gasteiger partial charge in [0, 0.05) is 12.2 Å². The first kappa shape index (κ1) is 17.9. The lowest BCUT2D eigenvalue weighted by Gasteiger charge is -2.29. The van der Waals surface area contributed by atoms with Crippen LogP contribution in [0.1, 0.15) is 30.9 Å². The van der Waals surface area contributed by atoms with Gasteiger partial charge in [-0.05, 0) is 29.2 Å². The average molecular weight is 343 g/mol. The Morgan fingerprint density at radius 1 is 0.731 bits per heavy atom. The molecule has 132 valence electrons. The summed E-state index contributed by atoms with van der Waals surface area (Å²) >= 11 is 0. The molecule has 0 saturated carbocycles. The van der Waals surface area contributed by atoms with Crippen molar-refractivity contribution in [2.45, 2.75) is 19.8 Å². The van der Waals surface area contributed by atoms with Crippen LogP contribution in [0, 0.1) is 5.92 Å². The van der Waals surface area contributed by atoms with Crippen molar-refractivity contribution in [1.82, 2.24) is 0 Å². The summed E-state index contributed by atoms with van der Waals surface area (Å²) in [5, 5.41) is 0. The largest absolute Gasteiger partial charge is 0.311 e. The van der Waals surface area contributed by atoms with Gasteiger partial charge in [-0.15, -0.1) is 0 Å². The molecule has 2 heteroatoms. The number of hydrogen-bond acceptors (Lipinski definition) is 1. The van der Waals surface area contributed by atoms with E-state index >= 15 is 0 Å². The Labute approximate surface area is 156 Å². The zero-order valence-corrected chi connectivity index (χ0v) is 15.4. The maximum absolute atomic E-state index is 13.7. The highest BCUT2D eigenvalue weighted by Crippen LogP contribution is 2.29. The molecule has 0 aromatic heterocycles. The fraction of sp³-hybridized carbons (Fsp3) is 0.208. The van der Waals surface area contributed by atoms with Gasteiger partial charge >= 0.3 is 0 Å². The number of para-hydroxylation sites is 1. The first-order valence-corrected chi connectivity index (χ1v) is 9.13. The van der Waals surface area contributed by atoms with Gasteiger partial charge < -0.3 is 4.90 Å². The molecule has 3 rings (SSSR count). The van der Waals surface area contributed by atoms with Crippen molar-refractivity contribution in [1.29, 1.82) is 0 Å². The minimum atomic E-state index is -0.309. The summed E-state index contributed by atoms with van der Waals surface area (Å²) < 4.78 is 0. The Morgan fingerprint density at radius 3 is 1.58 bits per heavy atom. The molecule has 0 heterocycles. The van der Waals surface area contributed by atoms with Crippen LogP contribution in [0.15, 0.2) is 91.0 Å². The lowest BCUT2D eigenvalue weighted by atomic mass is 9.89. The van der Waals surface area contributed by atoms with Gasteiger partial charge in [0.1, 0.15) is 0 Å². The quantitative estimate of drug-likeness (QED) is 0.578. The van der Waals surface area contributed by atoms with Crippen LogP contribution in [-0.2, 0) is 4.79 Å². The summed E-state index contributed by atoms with van der Waals surface area (Å²) in [6.07, 6.45) is 0. The Hall–Kier alpha value is -2.87. The van der Waals surface area contributed by atoms with E-state index in [2.05, 4.69) is 13.8 Å². The molecule has 0 saturated heterocycles. The smallest absolute Gasteiger partial charge is 0.238 e. The van der Waals surface area contributed by atoms with Crippen LogP contribution in [0.4, 0.5) is 5.69 Å². The van der Waals surface area contributed by atoms with E-state index in [9.17, 15) is 4.79 Å². The molecule has 2 nitrogen and oxygen atoms in total. The number of anilines is 1. The van der Waals surface area contributed by atoms with E-state index in [1.807, 2.05) is 95.9 Å². The summed E-state index contributed by atoms with van der Waals surface area (Å²) in [4.78, 5) is 15.6. The lowest BCUT2D eigenvalue weighted by molar-refractivity contribution is -0.119. The maximum Gasteiger partial charge on any atom is 0.238 e. The zero-order chi connectivity index (χ0) is 18.4. The Bertz CT molecular complexity index is 773. The van der Waals surface area contributed by atoms with Crippen LogP contribution in [0.5, 0.6) is 0 Å². The number of carbonyl (C=O) groups is 1. The summed E-state index contributed by atoms with van der Waals surface area (Å²) in [5.41, 5.74) is 2.99. The van der Waals surface area contributed by atoms with Crippen molar-refractivity contribution in [2.24, 2.45) is 5.92 Å². The molecule has 0 unspecified atom stereocenters. The number of hydrogen-bond donors (Lipinski definition) is 0. The van der Waals surface area contributed by atoms with Crippen LogP contribution >= 0.6 is 0 Å². The highest BCUT2D eigenvalue weighted by molar-refractivity contribution is 6.00. The Kier molecular flexibility index (Phi) is 5.85. The van der Waals surface area contributed by atoms with Crippen molar-refractivity contribution < 1.29 is 4.79 Å². The van der Waals surface area contributed by atoms with E-state index in [1.54, 1.807) is 0 Å². The van der Waals surface area contributed by atoms with Gasteiger partial charge in [-0.1, -0.05) is 92.7 Å². The van der Waals surface area contributed by atoms with Crippen molar-refractivity contribution >= 4 is 11.6 Å². The maximum atomic E-state index is 13.7. The van der Waals surface area contributed by atoms with E-state index < -0.39 is 0 Å². The normalized spacial score (nSPS) is 10.9. The highest BCUT2D eigenvalue weighted by atomic mass is 16.2. The monoisotopic (exact) mass is 343 g/mol. The van der Waals surface area contributed by atoms with Crippen LogP contribution < -0.4 is 4.90 Å². The zero-order valence-electron chi connectivity index (χ0n) is 15.4. The molecule has 3 aromatic rings. The third-order valence-corrected chi connectivity index (χ3v) is 4.39. The van der Waals surface area contributed by atoms with Gasteiger partial charge in [-0.2, -0.15) is 0 Å². The molecule has 0 N–H and O–H groups in total. The van der Waals surface area contributed by atoms with Crippen molar-refractivity contribution in [3.63, 3.8) is 0 Å². The summed E-state index contributed by atoms with van der Waals surface area (Å²) in [5.74, 6) is 0.185. The fourth-order valence-electron chi connectivity index (χ4n) is 3.22. The molecule has 0 atom stereocenters. The topological polar surface area (TPSA) is 20.3 Å². The SMILES string of the molecule is CC(C)CN(C(=O)C(c1ccccc1)c1ccccc1)c1ccccc1. The fourth-order valence-corrected chi connectivity index (χ4v) is 3.22. The molecule has 0 radical (unpaired) electrons. The predicted molar refractivity (Wildman–Crippen MR) is 108 cm³/mol. The van der Waals surface area contributed by atoms with Crippen LogP contribution in [-0.4, -0.2) is 12.5 Å². The Morgan fingerprint density at radius 2 is 1.15 bits per heavy atom.